The van der Waals surface area contributed by atoms with Crippen LogP contribution in [0.1, 0.15) is 63.1 Å². The first kappa shape index (κ1) is 25.2. The van der Waals surface area contributed by atoms with Crippen LogP contribution in [0.2, 0.25) is 10.0 Å². The topological polar surface area (TPSA) is 49.4 Å². The Balaban J connectivity index is 2.19. The third-order valence-electron chi connectivity index (χ3n) is 5.35. The summed E-state index contributed by atoms with van der Waals surface area (Å²) in [6.07, 6.45) is 1.49. The van der Waals surface area contributed by atoms with E-state index < -0.39 is 6.04 Å². The van der Waals surface area contributed by atoms with Crippen LogP contribution in [0.15, 0.2) is 42.5 Å². The number of rotatable bonds is 10. The Bertz CT molecular complexity index is 882. The number of aryl methyl sites for hydroxylation is 1. The normalized spacial score (nSPS) is 12.0. The lowest BCUT2D eigenvalue weighted by Gasteiger charge is -2.30. The molecule has 0 fully saturated rings. The second-order valence-electron chi connectivity index (χ2n) is 7.99. The molecule has 0 aliphatic rings. The summed E-state index contributed by atoms with van der Waals surface area (Å²) in [5.41, 5.74) is 3.23. The molecular weight excluding hydrogens is 431 g/mol. The minimum absolute atomic E-state index is 0.0582. The Morgan fingerprint density at radius 2 is 1.61 bits per heavy atom. The fourth-order valence-electron chi connectivity index (χ4n) is 3.51. The summed E-state index contributed by atoms with van der Waals surface area (Å²) in [5, 5.41) is 3.74. The van der Waals surface area contributed by atoms with Crippen LogP contribution in [0.5, 0.6) is 0 Å². The van der Waals surface area contributed by atoms with Crippen molar-refractivity contribution in [1.29, 1.82) is 0 Å². The molecule has 2 rings (SSSR count). The van der Waals surface area contributed by atoms with Gasteiger partial charge >= 0.3 is 0 Å². The van der Waals surface area contributed by atoms with Gasteiger partial charge in [0.1, 0.15) is 6.04 Å². The number of hydrogen-bond donors (Lipinski definition) is 1. The van der Waals surface area contributed by atoms with E-state index >= 15 is 0 Å². The van der Waals surface area contributed by atoms with Crippen molar-refractivity contribution in [3.8, 4) is 0 Å². The van der Waals surface area contributed by atoms with E-state index in [9.17, 15) is 9.59 Å². The molecule has 2 aromatic rings. The molecule has 1 atom stereocenters. The van der Waals surface area contributed by atoms with Gasteiger partial charge in [0.15, 0.2) is 0 Å². The van der Waals surface area contributed by atoms with Gasteiger partial charge in [-0.15, -0.1) is 0 Å². The molecule has 168 valence electrons. The van der Waals surface area contributed by atoms with Gasteiger partial charge in [-0.2, -0.15) is 0 Å². The van der Waals surface area contributed by atoms with Crippen molar-refractivity contribution in [3.05, 3.63) is 69.2 Å². The van der Waals surface area contributed by atoms with Gasteiger partial charge in [0.25, 0.3) is 0 Å². The highest BCUT2D eigenvalue weighted by atomic mass is 35.5. The number of hydrogen-bond acceptors (Lipinski definition) is 2. The molecule has 0 saturated heterocycles. The molecule has 0 saturated carbocycles. The van der Waals surface area contributed by atoms with E-state index in [0.717, 1.165) is 11.1 Å². The minimum atomic E-state index is -0.537. The molecule has 31 heavy (non-hydrogen) atoms. The molecule has 0 aliphatic carbocycles. The van der Waals surface area contributed by atoms with Gasteiger partial charge in [-0.25, -0.2) is 0 Å². The summed E-state index contributed by atoms with van der Waals surface area (Å²) in [4.78, 5) is 27.6. The van der Waals surface area contributed by atoms with Crippen LogP contribution >= 0.6 is 23.2 Å². The second kappa shape index (κ2) is 12.1. The zero-order valence-corrected chi connectivity index (χ0v) is 20.3. The number of benzene rings is 2. The highest BCUT2D eigenvalue weighted by Crippen LogP contribution is 2.24. The predicted octanol–water partition coefficient (Wildman–Crippen LogP) is 5.99. The standard InChI is InChI=1S/C25H32Cl2N2O2/c1-5-23(25(31)28-6-2)29(16-19-9-13-21(26)22(27)15-19)24(30)14-10-18-7-11-20(12-8-18)17(3)4/h7-9,11-13,15,17,23H,5-6,10,14,16H2,1-4H3,(H,28,31)/t23-/m0/s1. The van der Waals surface area contributed by atoms with Gasteiger partial charge in [0.05, 0.1) is 10.0 Å². The monoisotopic (exact) mass is 462 g/mol. The molecule has 2 amide bonds. The molecule has 0 unspecified atom stereocenters. The molecule has 0 aromatic heterocycles. The minimum Gasteiger partial charge on any atom is -0.355 e. The lowest BCUT2D eigenvalue weighted by atomic mass is 10.00. The summed E-state index contributed by atoms with van der Waals surface area (Å²) in [6.45, 7) is 8.93. The third-order valence-corrected chi connectivity index (χ3v) is 6.09. The average molecular weight is 463 g/mol. The van der Waals surface area contributed by atoms with E-state index in [1.807, 2.05) is 19.9 Å². The zero-order valence-electron chi connectivity index (χ0n) is 18.8. The smallest absolute Gasteiger partial charge is 0.242 e. The Hall–Kier alpha value is -2.04. The Kier molecular flexibility index (Phi) is 9.86. The van der Waals surface area contributed by atoms with Crippen LogP contribution in [-0.4, -0.2) is 29.3 Å². The number of likely N-dealkylation sites (N-methyl/N-ethyl adjacent to an activating group) is 1. The van der Waals surface area contributed by atoms with E-state index in [-0.39, 0.29) is 11.8 Å². The van der Waals surface area contributed by atoms with Crippen LogP contribution in [0.25, 0.3) is 0 Å². The highest BCUT2D eigenvalue weighted by molar-refractivity contribution is 6.42. The number of nitrogens with one attached hydrogen (secondary N) is 1. The molecule has 0 radical (unpaired) electrons. The van der Waals surface area contributed by atoms with Crippen LogP contribution < -0.4 is 5.32 Å². The molecule has 1 N–H and O–H groups in total. The lowest BCUT2D eigenvalue weighted by molar-refractivity contribution is -0.141. The quantitative estimate of drug-likeness (QED) is 0.470. The maximum atomic E-state index is 13.2. The Morgan fingerprint density at radius 1 is 0.968 bits per heavy atom. The predicted molar refractivity (Wildman–Crippen MR) is 129 cm³/mol. The highest BCUT2D eigenvalue weighted by Gasteiger charge is 2.28. The number of amides is 2. The van der Waals surface area contributed by atoms with Crippen molar-refractivity contribution in [2.75, 3.05) is 6.54 Å². The van der Waals surface area contributed by atoms with Crippen molar-refractivity contribution < 1.29 is 9.59 Å². The second-order valence-corrected chi connectivity index (χ2v) is 8.80. The fraction of sp³-hybridized carbons (Fsp3) is 0.440. The van der Waals surface area contributed by atoms with Crippen molar-refractivity contribution >= 4 is 35.0 Å². The maximum absolute atomic E-state index is 13.2. The third kappa shape index (κ3) is 7.26. The van der Waals surface area contributed by atoms with E-state index in [0.29, 0.717) is 48.3 Å². The van der Waals surface area contributed by atoms with Gasteiger partial charge in [-0.3, -0.25) is 9.59 Å². The Morgan fingerprint density at radius 3 is 2.16 bits per heavy atom. The van der Waals surface area contributed by atoms with Crippen molar-refractivity contribution in [2.24, 2.45) is 0 Å². The number of halogens is 2. The van der Waals surface area contributed by atoms with Gasteiger partial charge in [-0.1, -0.05) is 74.3 Å². The van der Waals surface area contributed by atoms with Crippen molar-refractivity contribution in [1.82, 2.24) is 10.2 Å². The summed E-state index contributed by atoms with van der Waals surface area (Å²) in [5.74, 6) is 0.275. The van der Waals surface area contributed by atoms with E-state index in [4.69, 9.17) is 23.2 Å². The molecule has 0 spiro atoms. The number of carbonyl (C=O) groups is 2. The lowest BCUT2D eigenvalue weighted by Crippen LogP contribution is -2.49. The van der Waals surface area contributed by atoms with Crippen LogP contribution in [-0.2, 0) is 22.6 Å². The van der Waals surface area contributed by atoms with Crippen LogP contribution in [0, 0.1) is 0 Å². The van der Waals surface area contributed by atoms with Crippen LogP contribution in [0.4, 0.5) is 0 Å². The van der Waals surface area contributed by atoms with Gasteiger partial charge in [0, 0.05) is 19.5 Å². The molecule has 0 bridgehead atoms. The zero-order chi connectivity index (χ0) is 23.0. The molecule has 2 aromatic carbocycles. The molecule has 0 heterocycles. The Labute approximate surface area is 195 Å². The fourth-order valence-corrected chi connectivity index (χ4v) is 3.83. The van der Waals surface area contributed by atoms with Crippen molar-refractivity contribution in [2.45, 2.75) is 65.5 Å². The first-order valence-corrected chi connectivity index (χ1v) is 11.6. The summed E-state index contributed by atoms with van der Waals surface area (Å²) in [7, 11) is 0. The molecular formula is C25H32Cl2N2O2. The van der Waals surface area contributed by atoms with Gasteiger partial charge in [-0.05, 0) is 54.5 Å². The first-order chi connectivity index (χ1) is 14.8. The maximum Gasteiger partial charge on any atom is 0.242 e. The number of carbonyl (C=O) groups excluding carboxylic acids is 2. The number of nitrogens with zero attached hydrogens (tertiary/aromatic N) is 1. The summed E-state index contributed by atoms with van der Waals surface area (Å²) < 4.78 is 0. The van der Waals surface area contributed by atoms with Gasteiger partial charge < -0.3 is 10.2 Å². The van der Waals surface area contributed by atoms with Crippen LogP contribution in [0.3, 0.4) is 0 Å². The summed E-state index contributed by atoms with van der Waals surface area (Å²) in [6, 6.07) is 13.1. The van der Waals surface area contributed by atoms with E-state index in [1.165, 1.54) is 5.56 Å². The van der Waals surface area contributed by atoms with Gasteiger partial charge in [0.2, 0.25) is 11.8 Å². The first-order valence-electron chi connectivity index (χ1n) is 10.9. The summed E-state index contributed by atoms with van der Waals surface area (Å²) >= 11 is 12.2. The van der Waals surface area contributed by atoms with Crippen molar-refractivity contribution in [3.63, 3.8) is 0 Å². The van der Waals surface area contributed by atoms with E-state index in [1.54, 1.807) is 17.0 Å². The SMILES string of the molecule is CCNC(=O)[C@H](CC)N(Cc1ccc(Cl)c(Cl)c1)C(=O)CCc1ccc(C(C)C)cc1. The largest absolute Gasteiger partial charge is 0.355 e. The average Bonchev–Trinajstić information content (AvgIpc) is 2.74. The van der Waals surface area contributed by atoms with E-state index in [2.05, 4.69) is 43.4 Å². The molecule has 0 aliphatic heterocycles. The molecule has 6 heteroatoms. The molecule has 4 nitrogen and oxygen atoms in total.